The third-order valence-electron chi connectivity index (χ3n) is 8.23. The summed E-state index contributed by atoms with van der Waals surface area (Å²) in [5.74, 6) is 0. The van der Waals surface area contributed by atoms with E-state index in [1.54, 1.807) is 22.1 Å². The van der Waals surface area contributed by atoms with Crippen LogP contribution < -0.4 is 0 Å². The SMILES string of the molecule is CCCCCCCCCc1c(CCCCCCCC)cc2ccccc2c1CCCCCCCCC. The molecule has 0 aromatic heterocycles. The van der Waals surface area contributed by atoms with E-state index in [1.165, 1.54) is 153 Å². The smallest absolute Gasteiger partial charge is 0.0149 e. The predicted molar refractivity (Wildman–Crippen MR) is 164 cm³/mol. The molecule has 0 aliphatic carbocycles. The van der Waals surface area contributed by atoms with Gasteiger partial charge in [-0.2, -0.15) is 0 Å². The molecule has 0 bridgehead atoms. The monoisotopic (exact) mass is 492 g/mol. The highest BCUT2D eigenvalue weighted by atomic mass is 14.2. The highest BCUT2D eigenvalue weighted by Gasteiger charge is 2.13. The second-order valence-electron chi connectivity index (χ2n) is 11.5. The summed E-state index contributed by atoms with van der Waals surface area (Å²) in [4.78, 5) is 0. The molecule has 0 heterocycles. The Labute approximate surface area is 226 Å². The van der Waals surface area contributed by atoms with Gasteiger partial charge in [0.1, 0.15) is 0 Å². The zero-order valence-corrected chi connectivity index (χ0v) is 24.7. The lowest BCUT2D eigenvalue weighted by Gasteiger charge is -2.19. The molecule has 0 saturated heterocycles. The van der Waals surface area contributed by atoms with Gasteiger partial charge in [-0.25, -0.2) is 0 Å². The Balaban J connectivity index is 2.09. The molecule has 36 heavy (non-hydrogen) atoms. The van der Waals surface area contributed by atoms with Crippen LogP contribution in [0.2, 0.25) is 0 Å². The highest BCUT2D eigenvalue weighted by Crippen LogP contribution is 2.31. The summed E-state index contributed by atoms with van der Waals surface area (Å²) in [6.45, 7) is 6.95. The Morgan fingerprint density at radius 2 is 0.833 bits per heavy atom. The van der Waals surface area contributed by atoms with E-state index in [0.717, 1.165) is 0 Å². The number of rotatable bonds is 23. The van der Waals surface area contributed by atoms with Crippen LogP contribution >= 0.6 is 0 Å². The molecule has 0 saturated carbocycles. The lowest BCUT2D eigenvalue weighted by molar-refractivity contribution is 0.581. The Morgan fingerprint density at radius 1 is 0.417 bits per heavy atom. The van der Waals surface area contributed by atoms with Gasteiger partial charge in [-0.3, -0.25) is 0 Å². The van der Waals surface area contributed by atoms with Crippen molar-refractivity contribution in [3.8, 4) is 0 Å². The number of benzene rings is 2. The van der Waals surface area contributed by atoms with Gasteiger partial charge in [0.25, 0.3) is 0 Å². The van der Waals surface area contributed by atoms with Crippen molar-refractivity contribution in [3.05, 3.63) is 47.0 Å². The zero-order chi connectivity index (χ0) is 25.7. The first-order chi connectivity index (χ1) is 17.8. The maximum Gasteiger partial charge on any atom is -0.0149 e. The molecule has 0 aliphatic heterocycles. The summed E-state index contributed by atoms with van der Waals surface area (Å²) in [6, 6.07) is 11.9. The Morgan fingerprint density at radius 3 is 1.36 bits per heavy atom. The summed E-state index contributed by atoms with van der Waals surface area (Å²) in [6.07, 6.45) is 31.8. The molecule has 0 radical (unpaired) electrons. The molecule has 0 atom stereocenters. The predicted octanol–water partition coefficient (Wildman–Crippen LogP) is 12.3. The van der Waals surface area contributed by atoms with Gasteiger partial charge in [0.15, 0.2) is 0 Å². The maximum absolute atomic E-state index is 2.58. The van der Waals surface area contributed by atoms with Gasteiger partial charge in [0.05, 0.1) is 0 Å². The number of aryl methyl sites for hydroxylation is 2. The fraction of sp³-hybridized carbons (Fsp3) is 0.722. The third kappa shape index (κ3) is 12.3. The molecule has 0 unspecified atom stereocenters. The van der Waals surface area contributed by atoms with Crippen molar-refractivity contribution in [2.75, 3.05) is 0 Å². The largest absolute Gasteiger partial charge is 0.0654 e. The third-order valence-corrected chi connectivity index (χ3v) is 8.23. The second-order valence-corrected chi connectivity index (χ2v) is 11.5. The van der Waals surface area contributed by atoms with E-state index in [1.807, 2.05) is 0 Å². The Hall–Kier alpha value is -1.30. The fourth-order valence-electron chi connectivity index (χ4n) is 5.96. The summed E-state index contributed by atoms with van der Waals surface area (Å²) in [7, 11) is 0. The summed E-state index contributed by atoms with van der Waals surface area (Å²) >= 11 is 0. The van der Waals surface area contributed by atoms with Crippen molar-refractivity contribution in [2.24, 2.45) is 0 Å². The van der Waals surface area contributed by atoms with E-state index < -0.39 is 0 Å². The van der Waals surface area contributed by atoms with Crippen LogP contribution in [0.1, 0.15) is 166 Å². The van der Waals surface area contributed by atoms with Gasteiger partial charge in [-0.1, -0.05) is 160 Å². The van der Waals surface area contributed by atoms with Gasteiger partial charge in [-0.15, -0.1) is 0 Å². The topological polar surface area (TPSA) is 0 Å². The van der Waals surface area contributed by atoms with Gasteiger partial charge < -0.3 is 0 Å². The quantitative estimate of drug-likeness (QED) is 0.135. The second kappa shape index (κ2) is 20.7. The molecule has 0 fully saturated rings. The number of hydrogen-bond donors (Lipinski definition) is 0. The summed E-state index contributed by atoms with van der Waals surface area (Å²) in [5.41, 5.74) is 5.16. The van der Waals surface area contributed by atoms with Crippen molar-refractivity contribution < 1.29 is 0 Å². The zero-order valence-electron chi connectivity index (χ0n) is 24.7. The first-order valence-electron chi connectivity index (χ1n) is 16.3. The van der Waals surface area contributed by atoms with Gasteiger partial charge in [0.2, 0.25) is 0 Å². The van der Waals surface area contributed by atoms with E-state index in [-0.39, 0.29) is 0 Å². The minimum atomic E-state index is 1.28. The maximum atomic E-state index is 2.58. The van der Waals surface area contributed by atoms with Crippen LogP contribution in [-0.2, 0) is 19.3 Å². The molecule has 2 aromatic carbocycles. The lowest BCUT2D eigenvalue weighted by atomic mass is 9.86. The van der Waals surface area contributed by atoms with Crippen LogP contribution in [0, 0.1) is 0 Å². The molecule has 0 nitrogen and oxygen atoms in total. The van der Waals surface area contributed by atoms with E-state index in [2.05, 4.69) is 51.1 Å². The average Bonchev–Trinajstić information content (AvgIpc) is 2.90. The summed E-state index contributed by atoms with van der Waals surface area (Å²) in [5, 5.41) is 3.04. The normalized spacial score (nSPS) is 11.5. The summed E-state index contributed by atoms with van der Waals surface area (Å²) < 4.78 is 0. The van der Waals surface area contributed by atoms with E-state index in [4.69, 9.17) is 0 Å². The van der Waals surface area contributed by atoms with Crippen LogP contribution in [0.25, 0.3) is 10.8 Å². The van der Waals surface area contributed by atoms with Crippen LogP contribution in [0.3, 0.4) is 0 Å². The molecular formula is C36H60. The molecule has 0 heteroatoms. The van der Waals surface area contributed by atoms with Gasteiger partial charge in [0, 0.05) is 0 Å². The van der Waals surface area contributed by atoms with Crippen LogP contribution in [-0.4, -0.2) is 0 Å². The first kappa shape index (κ1) is 30.9. The molecule has 2 rings (SSSR count). The van der Waals surface area contributed by atoms with Gasteiger partial charge in [-0.05, 0) is 66.0 Å². The molecule has 204 valence electrons. The molecule has 0 N–H and O–H groups in total. The minimum absolute atomic E-state index is 1.28. The fourth-order valence-corrected chi connectivity index (χ4v) is 5.96. The number of fused-ring (bicyclic) bond motifs is 1. The van der Waals surface area contributed by atoms with E-state index in [9.17, 15) is 0 Å². The highest BCUT2D eigenvalue weighted by molar-refractivity contribution is 5.88. The number of hydrogen-bond acceptors (Lipinski definition) is 0. The minimum Gasteiger partial charge on any atom is -0.0654 e. The van der Waals surface area contributed by atoms with Crippen molar-refractivity contribution >= 4 is 10.8 Å². The lowest BCUT2D eigenvalue weighted by Crippen LogP contribution is -2.04. The van der Waals surface area contributed by atoms with Crippen molar-refractivity contribution in [2.45, 2.75) is 168 Å². The molecule has 0 amide bonds. The molecule has 0 spiro atoms. The first-order valence-corrected chi connectivity index (χ1v) is 16.3. The van der Waals surface area contributed by atoms with Crippen LogP contribution in [0.4, 0.5) is 0 Å². The number of unbranched alkanes of at least 4 members (excludes halogenated alkanes) is 17. The van der Waals surface area contributed by atoms with Crippen LogP contribution in [0.15, 0.2) is 30.3 Å². The van der Waals surface area contributed by atoms with Crippen LogP contribution in [0.5, 0.6) is 0 Å². The van der Waals surface area contributed by atoms with Crippen molar-refractivity contribution in [3.63, 3.8) is 0 Å². The Bertz CT molecular complexity index is 786. The average molecular weight is 493 g/mol. The van der Waals surface area contributed by atoms with Crippen molar-refractivity contribution in [1.29, 1.82) is 0 Å². The van der Waals surface area contributed by atoms with Crippen molar-refractivity contribution in [1.82, 2.24) is 0 Å². The standard InChI is InChI=1S/C36H60/c1-4-7-10-13-16-19-22-28-34-32(26-21-18-15-12-9-6-3)31-33-27-24-25-29-35(33)36(34)30-23-20-17-14-11-8-5-2/h24-25,27,29,31H,4-23,26,28,30H2,1-3H3. The van der Waals surface area contributed by atoms with E-state index >= 15 is 0 Å². The molecule has 0 aliphatic rings. The molecule has 2 aromatic rings. The van der Waals surface area contributed by atoms with Gasteiger partial charge >= 0.3 is 0 Å². The van der Waals surface area contributed by atoms with E-state index in [0.29, 0.717) is 0 Å². The molecular weight excluding hydrogens is 432 g/mol. The Kier molecular flexibility index (Phi) is 17.8.